The van der Waals surface area contributed by atoms with Crippen molar-refractivity contribution < 1.29 is 22.5 Å². The Balaban J connectivity index is 2.30. The molecule has 0 spiro atoms. The number of aryl methyl sites for hydroxylation is 2. The molecule has 1 amide bonds. The third kappa shape index (κ3) is 4.25. The number of carbonyl (C=O) groups excluding carboxylic acids is 1. The number of nitrogens with one attached hydrogen (secondary N) is 1. The van der Waals surface area contributed by atoms with Crippen molar-refractivity contribution in [2.45, 2.75) is 13.8 Å². The van der Waals surface area contributed by atoms with E-state index in [4.69, 9.17) is 9.26 Å². The highest BCUT2D eigenvalue weighted by molar-refractivity contribution is 7.92. The highest BCUT2D eigenvalue weighted by Crippen LogP contribution is 2.30. The molecule has 0 aliphatic heterocycles. The molecule has 0 saturated carbocycles. The molecule has 1 aromatic carbocycles. The van der Waals surface area contributed by atoms with E-state index in [1.165, 1.54) is 13.2 Å². The fourth-order valence-corrected chi connectivity index (χ4v) is 2.97. The summed E-state index contributed by atoms with van der Waals surface area (Å²) in [4.78, 5) is 12.2. The zero-order valence-corrected chi connectivity index (χ0v) is 14.7. The molecule has 0 bridgehead atoms. The zero-order chi connectivity index (χ0) is 17.9. The fourth-order valence-electron chi connectivity index (χ4n) is 2.11. The maximum absolute atomic E-state index is 12.2. The molecule has 0 aliphatic carbocycles. The lowest BCUT2D eigenvalue weighted by Gasteiger charge is -2.24. The smallest absolute Gasteiger partial charge is 0.246 e. The number of rotatable bonds is 6. The van der Waals surface area contributed by atoms with Gasteiger partial charge in [0.2, 0.25) is 15.9 Å². The van der Waals surface area contributed by atoms with E-state index >= 15 is 0 Å². The summed E-state index contributed by atoms with van der Waals surface area (Å²) >= 11 is 0. The van der Waals surface area contributed by atoms with Crippen molar-refractivity contribution in [3.8, 4) is 5.75 Å². The molecule has 0 fully saturated rings. The first-order valence-corrected chi connectivity index (χ1v) is 8.91. The second-order valence-electron chi connectivity index (χ2n) is 5.32. The SMILES string of the molecule is COc1ccc(C)cc1N(CC(=O)Nc1cc(C)on1)S(C)(=O)=O. The number of carbonyl (C=O) groups is 1. The van der Waals surface area contributed by atoms with Gasteiger partial charge in [-0.15, -0.1) is 0 Å². The van der Waals surface area contributed by atoms with Crippen LogP contribution >= 0.6 is 0 Å². The largest absolute Gasteiger partial charge is 0.495 e. The molecule has 0 saturated heterocycles. The molecule has 8 nitrogen and oxygen atoms in total. The molecule has 0 radical (unpaired) electrons. The van der Waals surface area contributed by atoms with Crippen molar-refractivity contribution in [1.82, 2.24) is 5.16 Å². The van der Waals surface area contributed by atoms with Crippen LogP contribution < -0.4 is 14.4 Å². The first kappa shape index (κ1) is 17.8. The van der Waals surface area contributed by atoms with Crippen molar-refractivity contribution in [2.75, 3.05) is 29.5 Å². The summed E-state index contributed by atoms with van der Waals surface area (Å²) in [6, 6.07) is 6.63. The Morgan fingerprint density at radius 3 is 2.58 bits per heavy atom. The summed E-state index contributed by atoms with van der Waals surface area (Å²) < 4.78 is 35.4. The van der Waals surface area contributed by atoms with E-state index in [-0.39, 0.29) is 5.82 Å². The average Bonchev–Trinajstić information content (AvgIpc) is 2.88. The number of sulfonamides is 1. The fraction of sp³-hybridized carbons (Fsp3) is 0.333. The van der Waals surface area contributed by atoms with Crippen molar-refractivity contribution in [1.29, 1.82) is 0 Å². The molecular formula is C15H19N3O5S. The lowest BCUT2D eigenvalue weighted by Crippen LogP contribution is -2.37. The predicted octanol–water partition coefficient (Wildman–Crippen LogP) is 1.70. The van der Waals surface area contributed by atoms with E-state index < -0.39 is 22.5 Å². The van der Waals surface area contributed by atoms with E-state index in [1.807, 2.05) is 6.92 Å². The Morgan fingerprint density at radius 2 is 2.04 bits per heavy atom. The van der Waals surface area contributed by atoms with Crippen molar-refractivity contribution in [3.05, 3.63) is 35.6 Å². The number of aromatic nitrogens is 1. The van der Waals surface area contributed by atoms with Crippen LogP contribution in [0.5, 0.6) is 5.75 Å². The molecule has 9 heteroatoms. The molecule has 24 heavy (non-hydrogen) atoms. The Labute approximate surface area is 140 Å². The van der Waals surface area contributed by atoms with Crippen LogP contribution in [0.15, 0.2) is 28.8 Å². The highest BCUT2D eigenvalue weighted by atomic mass is 32.2. The molecule has 130 valence electrons. The number of hydrogen-bond acceptors (Lipinski definition) is 6. The van der Waals surface area contributed by atoms with Gasteiger partial charge in [0.15, 0.2) is 5.82 Å². The molecule has 0 atom stereocenters. The normalized spacial score (nSPS) is 11.2. The average molecular weight is 353 g/mol. The number of nitrogens with zero attached hydrogens (tertiary/aromatic N) is 2. The Bertz CT molecular complexity index is 845. The Kier molecular flexibility index (Phi) is 5.13. The number of anilines is 2. The lowest BCUT2D eigenvalue weighted by atomic mass is 10.2. The molecule has 0 unspecified atom stereocenters. The summed E-state index contributed by atoms with van der Waals surface area (Å²) in [5, 5.41) is 6.14. The van der Waals surface area contributed by atoms with Gasteiger partial charge in [-0.25, -0.2) is 8.42 Å². The Morgan fingerprint density at radius 1 is 1.33 bits per heavy atom. The summed E-state index contributed by atoms with van der Waals surface area (Å²) in [7, 11) is -2.26. The zero-order valence-electron chi connectivity index (χ0n) is 13.9. The molecule has 0 aliphatic rings. The molecule has 1 heterocycles. The van der Waals surface area contributed by atoms with Gasteiger partial charge in [-0.3, -0.25) is 9.10 Å². The monoisotopic (exact) mass is 353 g/mol. The maximum atomic E-state index is 12.2. The van der Waals surface area contributed by atoms with Crippen LogP contribution in [0.1, 0.15) is 11.3 Å². The first-order chi connectivity index (χ1) is 11.2. The van der Waals surface area contributed by atoms with Gasteiger partial charge in [-0.05, 0) is 31.5 Å². The summed E-state index contributed by atoms with van der Waals surface area (Å²) in [5.41, 5.74) is 1.14. The van der Waals surface area contributed by atoms with Crippen LogP contribution in [-0.4, -0.2) is 39.4 Å². The second kappa shape index (κ2) is 6.91. The molecule has 2 rings (SSSR count). The van der Waals surface area contributed by atoms with E-state index in [2.05, 4.69) is 10.5 Å². The van der Waals surface area contributed by atoms with E-state index in [0.717, 1.165) is 16.1 Å². The van der Waals surface area contributed by atoms with Crippen molar-refractivity contribution in [2.24, 2.45) is 0 Å². The molecule has 1 aromatic heterocycles. The summed E-state index contributed by atoms with van der Waals surface area (Å²) in [6.45, 7) is 3.09. The second-order valence-corrected chi connectivity index (χ2v) is 7.22. The number of methoxy groups -OCH3 is 1. The van der Waals surface area contributed by atoms with E-state index in [0.29, 0.717) is 17.2 Å². The number of benzene rings is 1. The maximum Gasteiger partial charge on any atom is 0.246 e. The van der Waals surface area contributed by atoms with Gasteiger partial charge >= 0.3 is 0 Å². The molecule has 1 N–H and O–H groups in total. The molecule has 2 aromatic rings. The van der Waals surface area contributed by atoms with Crippen molar-refractivity contribution >= 4 is 27.4 Å². The topological polar surface area (TPSA) is 102 Å². The Hall–Kier alpha value is -2.55. The van der Waals surface area contributed by atoms with Gasteiger partial charge in [0.05, 0.1) is 19.1 Å². The number of ether oxygens (including phenoxy) is 1. The first-order valence-electron chi connectivity index (χ1n) is 7.06. The van der Waals surface area contributed by atoms with Crippen LogP contribution in [0.4, 0.5) is 11.5 Å². The van der Waals surface area contributed by atoms with Gasteiger partial charge in [0.1, 0.15) is 18.1 Å². The number of amides is 1. The third-order valence-corrected chi connectivity index (χ3v) is 4.31. The standard InChI is InChI=1S/C15H19N3O5S/c1-10-5-6-13(22-3)12(7-10)18(24(4,20)21)9-15(19)16-14-8-11(2)23-17-14/h5-8H,9H2,1-4H3,(H,16,17,19). The van der Waals surface area contributed by atoms with Gasteiger partial charge in [0, 0.05) is 6.07 Å². The van der Waals surface area contributed by atoms with Crippen LogP contribution in [-0.2, 0) is 14.8 Å². The minimum Gasteiger partial charge on any atom is -0.495 e. The van der Waals surface area contributed by atoms with Crippen LogP contribution in [0.2, 0.25) is 0 Å². The van der Waals surface area contributed by atoms with E-state index in [1.54, 1.807) is 25.1 Å². The van der Waals surface area contributed by atoms with Gasteiger partial charge in [0.25, 0.3) is 0 Å². The van der Waals surface area contributed by atoms with Crippen molar-refractivity contribution in [3.63, 3.8) is 0 Å². The van der Waals surface area contributed by atoms with Crippen LogP contribution in [0, 0.1) is 13.8 Å². The number of hydrogen-bond donors (Lipinski definition) is 1. The quantitative estimate of drug-likeness (QED) is 0.848. The summed E-state index contributed by atoms with van der Waals surface area (Å²) in [6.07, 6.45) is 1.03. The predicted molar refractivity (Wildman–Crippen MR) is 89.8 cm³/mol. The van der Waals surface area contributed by atoms with Gasteiger partial charge < -0.3 is 14.6 Å². The lowest BCUT2D eigenvalue weighted by molar-refractivity contribution is -0.114. The minimum absolute atomic E-state index is 0.224. The van der Waals surface area contributed by atoms with E-state index in [9.17, 15) is 13.2 Å². The summed E-state index contributed by atoms with van der Waals surface area (Å²) in [5.74, 6) is 0.571. The van der Waals surface area contributed by atoms with Crippen LogP contribution in [0.25, 0.3) is 0 Å². The van der Waals surface area contributed by atoms with Crippen LogP contribution in [0.3, 0.4) is 0 Å². The molecular weight excluding hydrogens is 334 g/mol. The van der Waals surface area contributed by atoms with Gasteiger partial charge in [-0.1, -0.05) is 11.2 Å². The minimum atomic E-state index is -3.70. The van der Waals surface area contributed by atoms with Gasteiger partial charge in [-0.2, -0.15) is 0 Å². The highest BCUT2D eigenvalue weighted by Gasteiger charge is 2.24. The third-order valence-electron chi connectivity index (χ3n) is 3.19.